The Morgan fingerprint density at radius 1 is 0.903 bits per heavy atom. The van der Waals surface area contributed by atoms with Crippen LogP contribution in [0.3, 0.4) is 0 Å². The maximum absolute atomic E-state index is 13.0. The SMILES string of the molecule is O=C(NCc1ccc(F)cc1)c1ccc(NC(=O)N2CCCCc3ccccc32)cc1. The van der Waals surface area contributed by atoms with E-state index in [-0.39, 0.29) is 17.8 Å². The second kappa shape index (κ2) is 9.43. The molecule has 0 aliphatic carbocycles. The van der Waals surface area contributed by atoms with Crippen molar-refractivity contribution in [2.24, 2.45) is 0 Å². The largest absolute Gasteiger partial charge is 0.348 e. The quantitative estimate of drug-likeness (QED) is 0.618. The average molecular weight is 417 g/mol. The summed E-state index contributed by atoms with van der Waals surface area (Å²) in [5.74, 6) is -0.542. The number of anilines is 2. The zero-order chi connectivity index (χ0) is 21.6. The minimum atomic E-state index is -0.309. The molecule has 0 spiro atoms. The molecule has 3 aromatic carbocycles. The number of urea groups is 1. The Labute approximate surface area is 180 Å². The second-order valence-electron chi connectivity index (χ2n) is 7.55. The number of nitrogens with one attached hydrogen (secondary N) is 2. The first-order chi connectivity index (χ1) is 15.1. The van der Waals surface area contributed by atoms with Crippen LogP contribution < -0.4 is 15.5 Å². The molecule has 0 saturated heterocycles. The fourth-order valence-corrected chi connectivity index (χ4v) is 3.68. The topological polar surface area (TPSA) is 61.4 Å². The molecule has 5 nitrogen and oxygen atoms in total. The van der Waals surface area contributed by atoms with Gasteiger partial charge in [0.2, 0.25) is 0 Å². The molecule has 0 bridgehead atoms. The van der Waals surface area contributed by atoms with Crippen LogP contribution in [-0.2, 0) is 13.0 Å². The summed E-state index contributed by atoms with van der Waals surface area (Å²) in [6.45, 7) is 0.985. The van der Waals surface area contributed by atoms with Crippen LogP contribution in [0.25, 0.3) is 0 Å². The molecule has 1 heterocycles. The number of carbonyl (C=O) groups excluding carboxylic acids is 2. The highest BCUT2D eigenvalue weighted by Crippen LogP contribution is 2.26. The van der Waals surface area contributed by atoms with E-state index in [1.54, 1.807) is 41.3 Å². The number of benzene rings is 3. The van der Waals surface area contributed by atoms with Crippen LogP contribution in [0.15, 0.2) is 72.8 Å². The number of nitrogens with zero attached hydrogens (tertiary/aromatic N) is 1. The molecular formula is C25H24FN3O2. The maximum atomic E-state index is 13.0. The summed E-state index contributed by atoms with van der Waals surface area (Å²) in [5.41, 5.74) is 4.07. The predicted molar refractivity (Wildman–Crippen MR) is 120 cm³/mol. The highest BCUT2D eigenvalue weighted by Gasteiger charge is 2.21. The van der Waals surface area contributed by atoms with Crippen LogP contribution in [0.1, 0.15) is 34.3 Å². The van der Waals surface area contributed by atoms with Gasteiger partial charge in [-0.3, -0.25) is 9.69 Å². The van der Waals surface area contributed by atoms with Crippen LogP contribution in [-0.4, -0.2) is 18.5 Å². The van der Waals surface area contributed by atoms with Crippen molar-refractivity contribution in [3.05, 3.63) is 95.3 Å². The minimum Gasteiger partial charge on any atom is -0.348 e. The lowest BCUT2D eigenvalue weighted by molar-refractivity contribution is 0.0951. The number of halogens is 1. The summed E-state index contributed by atoms with van der Waals surface area (Å²) in [5, 5.41) is 5.74. The first-order valence-corrected chi connectivity index (χ1v) is 10.4. The molecule has 3 aromatic rings. The molecule has 1 aliphatic heterocycles. The van der Waals surface area contributed by atoms with E-state index in [4.69, 9.17) is 0 Å². The van der Waals surface area contributed by atoms with Crippen LogP contribution in [0.5, 0.6) is 0 Å². The fourth-order valence-electron chi connectivity index (χ4n) is 3.68. The lowest BCUT2D eigenvalue weighted by atomic mass is 10.1. The summed E-state index contributed by atoms with van der Waals surface area (Å²) >= 11 is 0. The summed E-state index contributed by atoms with van der Waals surface area (Å²) in [4.78, 5) is 27.0. The standard InChI is InChI=1S/C25H24FN3O2/c26-21-12-8-18(9-13-21)17-27-24(30)20-10-14-22(15-11-20)28-25(31)29-16-4-3-6-19-5-1-2-7-23(19)29/h1-2,5,7-15H,3-4,6,16-17H2,(H,27,30)(H,28,31). The number of hydrogen-bond acceptors (Lipinski definition) is 2. The van der Waals surface area contributed by atoms with Crippen molar-refractivity contribution in [2.75, 3.05) is 16.8 Å². The van der Waals surface area contributed by atoms with Crippen molar-refractivity contribution in [3.63, 3.8) is 0 Å². The Morgan fingerprint density at radius 3 is 2.42 bits per heavy atom. The van der Waals surface area contributed by atoms with E-state index in [2.05, 4.69) is 16.7 Å². The van der Waals surface area contributed by atoms with Gasteiger partial charge in [0, 0.05) is 30.0 Å². The van der Waals surface area contributed by atoms with Gasteiger partial charge in [-0.15, -0.1) is 0 Å². The zero-order valence-corrected chi connectivity index (χ0v) is 17.1. The van der Waals surface area contributed by atoms with Gasteiger partial charge in [0.25, 0.3) is 5.91 Å². The Balaban J connectivity index is 1.37. The molecule has 1 aliphatic rings. The smallest absolute Gasteiger partial charge is 0.326 e. The van der Waals surface area contributed by atoms with Crippen molar-refractivity contribution < 1.29 is 14.0 Å². The van der Waals surface area contributed by atoms with Crippen LogP contribution in [0.2, 0.25) is 0 Å². The lowest BCUT2D eigenvalue weighted by Gasteiger charge is -2.23. The minimum absolute atomic E-state index is 0.178. The third-order valence-electron chi connectivity index (χ3n) is 5.37. The van der Waals surface area contributed by atoms with Gasteiger partial charge in [-0.1, -0.05) is 30.3 Å². The van der Waals surface area contributed by atoms with Gasteiger partial charge >= 0.3 is 6.03 Å². The summed E-state index contributed by atoms with van der Waals surface area (Å²) in [6.07, 6.45) is 2.99. The third kappa shape index (κ3) is 5.09. The van der Waals surface area contributed by atoms with Crippen molar-refractivity contribution in [1.82, 2.24) is 5.32 Å². The highest BCUT2D eigenvalue weighted by molar-refractivity contribution is 6.02. The molecule has 0 unspecified atom stereocenters. The summed E-state index contributed by atoms with van der Waals surface area (Å²) < 4.78 is 13.0. The molecule has 0 radical (unpaired) electrons. The van der Waals surface area contributed by atoms with Gasteiger partial charge in [0.1, 0.15) is 5.82 Å². The molecule has 0 fully saturated rings. The normalized spacial score (nSPS) is 13.1. The number of hydrogen-bond donors (Lipinski definition) is 2. The number of carbonyl (C=O) groups is 2. The van der Waals surface area contributed by atoms with Gasteiger partial charge in [0.05, 0.1) is 0 Å². The lowest BCUT2D eigenvalue weighted by Crippen LogP contribution is -2.35. The van der Waals surface area contributed by atoms with E-state index in [0.29, 0.717) is 24.3 Å². The van der Waals surface area contributed by atoms with E-state index in [1.807, 2.05) is 18.2 Å². The summed E-state index contributed by atoms with van der Waals surface area (Å²) in [7, 11) is 0. The van der Waals surface area contributed by atoms with Crippen molar-refractivity contribution in [3.8, 4) is 0 Å². The number of rotatable bonds is 4. The van der Waals surface area contributed by atoms with E-state index < -0.39 is 0 Å². The Hall–Kier alpha value is -3.67. The van der Waals surface area contributed by atoms with Gasteiger partial charge in [-0.2, -0.15) is 0 Å². The number of aryl methyl sites for hydroxylation is 1. The monoisotopic (exact) mass is 417 g/mol. The highest BCUT2D eigenvalue weighted by atomic mass is 19.1. The molecule has 0 atom stereocenters. The molecule has 2 N–H and O–H groups in total. The molecular weight excluding hydrogens is 393 g/mol. The van der Waals surface area contributed by atoms with Gasteiger partial charge in [-0.05, 0) is 72.9 Å². The molecule has 0 aromatic heterocycles. The zero-order valence-electron chi connectivity index (χ0n) is 17.1. The predicted octanol–water partition coefficient (Wildman–Crippen LogP) is 5.13. The average Bonchev–Trinajstić information content (AvgIpc) is 3.02. The van der Waals surface area contributed by atoms with Crippen LogP contribution >= 0.6 is 0 Å². The molecule has 31 heavy (non-hydrogen) atoms. The van der Waals surface area contributed by atoms with Gasteiger partial charge in [0.15, 0.2) is 0 Å². The number of amides is 3. The fraction of sp³-hybridized carbons (Fsp3) is 0.200. The first kappa shape index (κ1) is 20.6. The maximum Gasteiger partial charge on any atom is 0.326 e. The third-order valence-corrected chi connectivity index (χ3v) is 5.37. The van der Waals surface area contributed by atoms with E-state index in [1.165, 1.54) is 17.7 Å². The van der Waals surface area contributed by atoms with Crippen molar-refractivity contribution >= 4 is 23.3 Å². The molecule has 0 saturated carbocycles. The second-order valence-corrected chi connectivity index (χ2v) is 7.55. The van der Waals surface area contributed by atoms with Crippen LogP contribution in [0.4, 0.5) is 20.6 Å². The van der Waals surface area contributed by atoms with Gasteiger partial charge in [-0.25, -0.2) is 9.18 Å². The Kier molecular flexibility index (Phi) is 6.26. The number of para-hydroxylation sites is 1. The van der Waals surface area contributed by atoms with Crippen molar-refractivity contribution in [2.45, 2.75) is 25.8 Å². The Morgan fingerprint density at radius 2 is 1.65 bits per heavy atom. The van der Waals surface area contributed by atoms with Crippen LogP contribution in [0, 0.1) is 5.82 Å². The van der Waals surface area contributed by atoms with E-state index in [0.717, 1.165) is 30.5 Å². The molecule has 158 valence electrons. The summed E-state index contributed by atoms with van der Waals surface area (Å²) in [6, 6.07) is 20.6. The molecule has 4 rings (SSSR count). The first-order valence-electron chi connectivity index (χ1n) is 10.4. The van der Waals surface area contributed by atoms with Gasteiger partial charge < -0.3 is 10.6 Å². The van der Waals surface area contributed by atoms with E-state index >= 15 is 0 Å². The molecule has 6 heteroatoms. The van der Waals surface area contributed by atoms with Crippen molar-refractivity contribution in [1.29, 1.82) is 0 Å². The van der Waals surface area contributed by atoms with E-state index in [9.17, 15) is 14.0 Å². The Bertz CT molecular complexity index is 1060. The number of fused-ring (bicyclic) bond motifs is 1. The molecule has 3 amide bonds.